The van der Waals surface area contributed by atoms with Gasteiger partial charge in [0.2, 0.25) is 0 Å². The number of methoxy groups -OCH3 is 1. The summed E-state index contributed by atoms with van der Waals surface area (Å²) in [6.07, 6.45) is 6.62. The van der Waals surface area contributed by atoms with Gasteiger partial charge in [-0.2, -0.15) is 0 Å². The van der Waals surface area contributed by atoms with E-state index in [9.17, 15) is 0 Å². The lowest BCUT2D eigenvalue weighted by atomic mass is 9.88. The van der Waals surface area contributed by atoms with Crippen molar-refractivity contribution in [3.63, 3.8) is 0 Å². The second-order valence-electron chi connectivity index (χ2n) is 5.51. The number of fused-ring (bicyclic) bond motifs is 2. The lowest BCUT2D eigenvalue weighted by Crippen LogP contribution is -2.38. The number of aliphatic hydroxyl groups is 1. The van der Waals surface area contributed by atoms with Crippen molar-refractivity contribution in [3.8, 4) is 0 Å². The normalized spacial score (nSPS) is 34.5. The van der Waals surface area contributed by atoms with Gasteiger partial charge in [0.15, 0.2) is 0 Å². The van der Waals surface area contributed by atoms with Crippen LogP contribution in [0.3, 0.4) is 0 Å². The number of aliphatic hydroxyl groups excluding tert-OH is 1. The molecular weight excluding hydrogens is 202 g/mol. The summed E-state index contributed by atoms with van der Waals surface area (Å²) in [7, 11) is 1.73. The maximum atomic E-state index is 8.96. The fourth-order valence-corrected chi connectivity index (χ4v) is 3.55. The Morgan fingerprint density at radius 2 is 2.25 bits per heavy atom. The molecule has 2 aliphatic carbocycles. The van der Waals surface area contributed by atoms with Crippen molar-refractivity contribution in [2.75, 3.05) is 26.9 Å². The number of nitrogens with one attached hydrogen (secondary N) is 1. The zero-order valence-corrected chi connectivity index (χ0v) is 10.3. The zero-order chi connectivity index (χ0) is 11.4. The van der Waals surface area contributed by atoms with E-state index in [4.69, 9.17) is 9.84 Å². The molecule has 4 atom stereocenters. The van der Waals surface area contributed by atoms with Gasteiger partial charge in [0.1, 0.15) is 0 Å². The molecule has 2 fully saturated rings. The van der Waals surface area contributed by atoms with Crippen LogP contribution in [0, 0.1) is 17.8 Å². The van der Waals surface area contributed by atoms with Crippen molar-refractivity contribution in [2.45, 2.75) is 38.1 Å². The average molecular weight is 227 g/mol. The third-order valence-electron chi connectivity index (χ3n) is 4.40. The maximum Gasteiger partial charge on any atom is 0.0616 e. The lowest BCUT2D eigenvalue weighted by molar-refractivity contribution is 0.143. The standard InChI is InChI=1S/C13H25NO2/c1-16-9-13(4-5-15)14-8-12-7-10-2-3-11(12)6-10/h10-15H,2-9H2,1H3. The van der Waals surface area contributed by atoms with Crippen LogP contribution in [0.2, 0.25) is 0 Å². The number of ether oxygens (including phenoxy) is 1. The Balaban J connectivity index is 1.69. The van der Waals surface area contributed by atoms with E-state index < -0.39 is 0 Å². The highest BCUT2D eigenvalue weighted by molar-refractivity contribution is 4.91. The predicted octanol–water partition coefficient (Wildman–Crippen LogP) is 1.41. The molecule has 0 aromatic rings. The van der Waals surface area contributed by atoms with E-state index in [-0.39, 0.29) is 6.61 Å². The molecule has 4 unspecified atom stereocenters. The van der Waals surface area contributed by atoms with E-state index in [0.29, 0.717) is 12.6 Å². The molecule has 16 heavy (non-hydrogen) atoms. The molecule has 0 spiro atoms. The first-order chi connectivity index (χ1) is 7.83. The monoisotopic (exact) mass is 227 g/mol. The van der Waals surface area contributed by atoms with Crippen LogP contribution >= 0.6 is 0 Å². The molecule has 0 amide bonds. The van der Waals surface area contributed by atoms with Gasteiger partial charge >= 0.3 is 0 Å². The van der Waals surface area contributed by atoms with E-state index in [1.165, 1.54) is 25.7 Å². The summed E-state index contributed by atoms with van der Waals surface area (Å²) in [6.45, 7) is 2.08. The molecule has 0 radical (unpaired) electrons. The third-order valence-corrected chi connectivity index (χ3v) is 4.40. The predicted molar refractivity (Wildman–Crippen MR) is 64.3 cm³/mol. The molecule has 0 aliphatic heterocycles. The highest BCUT2D eigenvalue weighted by atomic mass is 16.5. The largest absolute Gasteiger partial charge is 0.396 e. The van der Waals surface area contributed by atoms with Gasteiger partial charge in [-0.3, -0.25) is 0 Å². The molecule has 2 saturated carbocycles. The molecule has 0 aromatic heterocycles. The summed E-state index contributed by atoms with van der Waals surface area (Å²) in [5.41, 5.74) is 0. The molecule has 0 aromatic carbocycles. The van der Waals surface area contributed by atoms with Crippen LogP contribution in [0.4, 0.5) is 0 Å². The van der Waals surface area contributed by atoms with Crippen molar-refractivity contribution in [2.24, 2.45) is 17.8 Å². The molecule has 2 rings (SSSR count). The second-order valence-corrected chi connectivity index (χ2v) is 5.51. The third kappa shape index (κ3) is 2.96. The minimum atomic E-state index is 0.248. The first-order valence-electron chi connectivity index (χ1n) is 6.66. The Kier molecular flexibility index (Phi) is 4.62. The highest BCUT2D eigenvalue weighted by Crippen LogP contribution is 2.47. The SMILES string of the molecule is COCC(CCO)NCC1CC2CCC1C2. The van der Waals surface area contributed by atoms with Crippen LogP contribution in [0.1, 0.15) is 32.1 Å². The molecule has 94 valence electrons. The van der Waals surface area contributed by atoms with Gasteiger partial charge in [-0.25, -0.2) is 0 Å². The Morgan fingerprint density at radius 1 is 1.38 bits per heavy atom. The van der Waals surface area contributed by atoms with Crippen molar-refractivity contribution >= 4 is 0 Å². The maximum absolute atomic E-state index is 8.96. The quantitative estimate of drug-likeness (QED) is 0.691. The van der Waals surface area contributed by atoms with E-state index >= 15 is 0 Å². The molecule has 0 heterocycles. The molecule has 3 nitrogen and oxygen atoms in total. The number of hydrogen-bond acceptors (Lipinski definition) is 3. The second kappa shape index (κ2) is 5.99. The van der Waals surface area contributed by atoms with Gasteiger partial charge < -0.3 is 15.2 Å². The summed E-state index contributed by atoms with van der Waals surface area (Å²) in [5.74, 6) is 2.89. The van der Waals surface area contributed by atoms with Crippen LogP contribution in [0.25, 0.3) is 0 Å². The van der Waals surface area contributed by atoms with Crippen LogP contribution in [-0.2, 0) is 4.74 Å². The zero-order valence-electron chi connectivity index (χ0n) is 10.3. The number of hydrogen-bond donors (Lipinski definition) is 2. The van der Waals surface area contributed by atoms with Crippen LogP contribution in [0.15, 0.2) is 0 Å². The average Bonchev–Trinajstić information content (AvgIpc) is 2.88. The molecule has 2 bridgehead atoms. The molecular formula is C13H25NO2. The van der Waals surface area contributed by atoms with E-state index in [2.05, 4.69) is 5.32 Å². The van der Waals surface area contributed by atoms with Gasteiger partial charge in [-0.1, -0.05) is 6.42 Å². The first-order valence-corrected chi connectivity index (χ1v) is 6.66. The smallest absolute Gasteiger partial charge is 0.0616 e. The first kappa shape index (κ1) is 12.3. The van der Waals surface area contributed by atoms with Gasteiger partial charge in [0.05, 0.1) is 6.61 Å². The Bertz CT molecular complexity index is 204. The van der Waals surface area contributed by atoms with Gasteiger partial charge in [-0.05, 0) is 50.0 Å². The van der Waals surface area contributed by atoms with Crippen molar-refractivity contribution < 1.29 is 9.84 Å². The summed E-state index contributed by atoms with van der Waals surface area (Å²) in [4.78, 5) is 0. The summed E-state index contributed by atoms with van der Waals surface area (Å²) in [6, 6.07) is 0.328. The number of rotatable bonds is 7. The van der Waals surface area contributed by atoms with Gasteiger partial charge in [-0.15, -0.1) is 0 Å². The molecule has 3 heteroatoms. The fraction of sp³-hybridized carbons (Fsp3) is 1.00. The van der Waals surface area contributed by atoms with Crippen LogP contribution < -0.4 is 5.32 Å². The highest BCUT2D eigenvalue weighted by Gasteiger charge is 2.39. The van der Waals surface area contributed by atoms with Crippen LogP contribution in [-0.4, -0.2) is 38.0 Å². The Hall–Kier alpha value is -0.120. The molecule has 0 saturated heterocycles. The van der Waals surface area contributed by atoms with Gasteiger partial charge in [0, 0.05) is 19.8 Å². The van der Waals surface area contributed by atoms with Crippen molar-refractivity contribution in [1.82, 2.24) is 5.32 Å². The Labute approximate surface area is 98.6 Å². The minimum absolute atomic E-state index is 0.248. The van der Waals surface area contributed by atoms with E-state index in [1.54, 1.807) is 7.11 Å². The van der Waals surface area contributed by atoms with Gasteiger partial charge in [0.25, 0.3) is 0 Å². The fourth-order valence-electron chi connectivity index (χ4n) is 3.55. The topological polar surface area (TPSA) is 41.5 Å². The molecule has 2 N–H and O–H groups in total. The van der Waals surface area contributed by atoms with Crippen molar-refractivity contribution in [1.29, 1.82) is 0 Å². The van der Waals surface area contributed by atoms with Crippen molar-refractivity contribution in [3.05, 3.63) is 0 Å². The Morgan fingerprint density at radius 3 is 2.81 bits per heavy atom. The summed E-state index contributed by atoms with van der Waals surface area (Å²) in [5, 5.41) is 12.5. The minimum Gasteiger partial charge on any atom is -0.396 e. The molecule has 2 aliphatic rings. The van der Waals surface area contributed by atoms with E-state index in [0.717, 1.165) is 30.7 Å². The van der Waals surface area contributed by atoms with Crippen LogP contribution in [0.5, 0.6) is 0 Å². The summed E-state index contributed by atoms with van der Waals surface area (Å²) < 4.78 is 5.16. The van der Waals surface area contributed by atoms with E-state index in [1.807, 2.05) is 0 Å². The lowest BCUT2D eigenvalue weighted by Gasteiger charge is -2.25. The summed E-state index contributed by atoms with van der Waals surface area (Å²) >= 11 is 0.